The Morgan fingerprint density at radius 1 is 1.70 bits per heavy atom. The van der Waals surface area contributed by atoms with Crippen LogP contribution >= 0.6 is 0 Å². The molecule has 0 saturated heterocycles. The monoisotopic (exact) mass is 143 g/mol. The Kier molecular flexibility index (Phi) is 5.04. The van der Waals surface area contributed by atoms with E-state index in [1.54, 1.807) is 0 Å². The summed E-state index contributed by atoms with van der Waals surface area (Å²) in [6.07, 6.45) is 3.30. The van der Waals surface area contributed by atoms with Crippen LogP contribution in [0, 0.1) is 0 Å². The molecule has 0 aliphatic rings. The fourth-order valence-corrected chi connectivity index (χ4v) is 0.339. The highest BCUT2D eigenvalue weighted by Crippen LogP contribution is 1.75. The van der Waals surface area contributed by atoms with E-state index in [1.807, 2.05) is 0 Å². The van der Waals surface area contributed by atoms with E-state index in [9.17, 15) is 9.59 Å². The number of hydrogen-bond acceptors (Lipinski definition) is 3. The van der Waals surface area contributed by atoms with Gasteiger partial charge >= 0.3 is 5.97 Å². The first kappa shape index (κ1) is 8.68. The van der Waals surface area contributed by atoms with Crippen molar-refractivity contribution in [3.8, 4) is 0 Å². The minimum absolute atomic E-state index is 0.346. The van der Waals surface area contributed by atoms with Crippen LogP contribution in [0.2, 0.25) is 0 Å². The molecule has 0 aromatic heterocycles. The van der Waals surface area contributed by atoms with Gasteiger partial charge in [-0.1, -0.05) is 6.08 Å². The highest BCUT2D eigenvalue weighted by Gasteiger charge is 1.87. The molecule has 1 N–H and O–H groups in total. The predicted molar refractivity (Wildman–Crippen MR) is 35.2 cm³/mol. The molecule has 0 radical (unpaired) electrons. The van der Waals surface area contributed by atoms with Gasteiger partial charge in [-0.15, -0.1) is 0 Å². The summed E-state index contributed by atoms with van der Waals surface area (Å²) in [6.45, 7) is 0.346. The zero-order chi connectivity index (χ0) is 7.82. The predicted octanol–water partition coefficient (Wildman–Crippen LogP) is -0.538. The quantitative estimate of drug-likeness (QED) is 0.249. The Balaban J connectivity index is 3.35. The average molecular weight is 143 g/mol. The number of esters is 1. The van der Waals surface area contributed by atoms with E-state index < -0.39 is 5.97 Å². The molecule has 0 fully saturated rings. The Labute approximate surface area is 58.9 Å². The highest BCUT2D eigenvalue weighted by atomic mass is 16.5. The number of amides is 1. The molecule has 0 unspecified atom stereocenters. The van der Waals surface area contributed by atoms with E-state index in [1.165, 1.54) is 19.3 Å². The topological polar surface area (TPSA) is 55.4 Å². The van der Waals surface area contributed by atoms with Crippen molar-refractivity contribution in [1.82, 2.24) is 5.32 Å². The summed E-state index contributed by atoms with van der Waals surface area (Å²) in [5, 5.41) is 2.35. The maximum Gasteiger partial charge on any atom is 0.330 e. The van der Waals surface area contributed by atoms with Crippen LogP contribution in [-0.4, -0.2) is 26.0 Å². The van der Waals surface area contributed by atoms with Crippen molar-refractivity contribution in [2.75, 3.05) is 13.7 Å². The van der Waals surface area contributed by atoms with Gasteiger partial charge in [0.1, 0.15) is 0 Å². The largest absolute Gasteiger partial charge is 0.466 e. The zero-order valence-electron chi connectivity index (χ0n) is 5.66. The average Bonchev–Trinajstić information content (AvgIpc) is 1.98. The summed E-state index contributed by atoms with van der Waals surface area (Å²) in [7, 11) is 1.29. The minimum Gasteiger partial charge on any atom is -0.466 e. The second-order valence-electron chi connectivity index (χ2n) is 1.45. The zero-order valence-corrected chi connectivity index (χ0v) is 5.66. The lowest BCUT2D eigenvalue weighted by Crippen LogP contribution is -2.10. The standard InChI is InChI=1S/C6H9NO3/c1-10-6(9)3-2-4-7-5-8/h2-3,5H,4H2,1H3,(H,7,8)/b3-2+. The fourth-order valence-electron chi connectivity index (χ4n) is 0.339. The molecular formula is C6H9NO3. The number of hydrogen-bond donors (Lipinski definition) is 1. The number of ether oxygens (including phenoxy) is 1. The van der Waals surface area contributed by atoms with E-state index in [0.717, 1.165) is 0 Å². The third-order valence-corrected chi connectivity index (χ3v) is 0.774. The molecule has 0 aromatic carbocycles. The maximum absolute atomic E-state index is 10.3. The van der Waals surface area contributed by atoms with Crippen molar-refractivity contribution >= 4 is 12.4 Å². The number of methoxy groups -OCH3 is 1. The van der Waals surface area contributed by atoms with Crippen LogP contribution in [0.25, 0.3) is 0 Å². The van der Waals surface area contributed by atoms with Gasteiger partial charge in [0.25, 0.3) is 0 Å². The second-order valence-corrected chi connectivity index (χ2v) is 1.45. The van der Waals surface area contributed by atoms with Crippen LogP contribution in [0.1, 0.15) is 0 Å². The summed E-state index contributed by atoms with van der Waals surface area (Å²) in [5.41, 5.74) is 0. The maximum atomic E-state index is 10.3. The number of rotatable bonds is 4. The fraction of sp³-hybridized carbons (Fsp3) is 0.333. The molecule has 0 rings (SSSR count). The van der Waals surface area contributed by atoms with Gasteiger partial charge in [-0.25, -0.2) is 4.79 Å². The Bertz CT molecular complexity index is 142. The number of carbonyl (C=O) groups is 2. The molecule has 0 bridgehead atoms. The molecule has 0 aliphatic carbocycles. The first-order chi connectivity index (χ1) is 4.81. The van der Waals surface area contributed by atoms with Gasteiger partial charge in [-0.2, -0.15) is 0 Å². The molecule has 4 nitrogen and oxygen atoms in total. The summed E-state index contributed by atoms with van der Waals surface area (Å²) in [5.74, 6) is -0.423. The molecule has 4 heteroatoms. The van der Waals surface area contributed by atoms with E-state index >= 15 is 0 Å². The van der Waals surface area contributed by atoms with Crippen molar-refractivity contribution in [1.29, 1.82) is 0 Å². The lowest BCUT2D eigenvalue weighted by Gasteiger charge is -1.89. The van der Waals surface area contributed by atoms with Crippen molar-refractivity contribution in [3.63, 3.8) is 0 Å². The number of nitrogens with one attached hydrogen (secondary N) is 1. The van der Waals surface area contributed by atoms with Gasteiger partial charge in [0, 0.05) is 12.6 Å². The van der Waals surface area contributed by atoms with Gasteiger partial charge in [0.15, 0.2) is 0 Å². The smallest absolute Gasteiger partial charge is 0.330 e. The highest BCUT2D eigenvalue weighted by molar-refractivity contribution is 5.81. The molecule has 0 atom stereocenters. The molecule has 0 heterocycles. The first-order valence-corrected chi connectivity index (χ1v) is 2.72. The van der Waals surface area contributed by atoms with Crippen molar-refractivity contribution < 1.29 is 14.3 Å². The van der Waals surface area contributed by atoms with E-state index in [2.05, 4.69) is 10.1 Å². The van der Waals surface area contributed by atoms with Gasteiger partial charge in [0.05, 0.1) is 7.11 Å². The lowest BCUT2D eigenvalue weighted by molar-refractivity contribution is -0.134. The van der Waals surface area contributed by atoms with Crippen molar-refractivity contribution in [2.45, 2.75) is 0 Å². The van der Waals surface area contributed by atoms with Crippen LogP contribution < -0.4 is 5.32 Å². The van der Waals surface area contributed by atoms with Crippen LogP contribution in [0.5, 0.6) is 0 Å². The second kappa shape index (κ2) is 5.81. The Morgan fingerprint density at radius 2 is 2.40 bits per heavy atom. The van der Waals surface area contributed by atoms with E-state index in [-0.39, 0.29) is 0 Å². The summed E-state index contributed by atoms with van der Waals surface area (Å²) in [4.78, 5) is 20.0. The van der Waals surface area contributed by atoms with Crippen molar-refractivity contribution in [3.05, 3.63) is 12.2 Å². The Morgan fingerprint density at radius 3 is 2.90 bits per heavy atom. The SMILES string of the molecule is COC(=O)/C=C/CNC=O. The van der Waals surface area contributed by atoms with Gasteiger partial charge < -0.3 is 10.1 Å². The third kappa shape index (κ3) is 4.83. The summed E-state index contributed by atoms with van der Waals surface area (Å²) in [6, 6.07) is 0. The van der Waals surface area contributed by atoms with Gasteiger partial charge in [-0.3, -0.25) is 4.79 Å². The normalized spacial score (nSPS) is 9.30. The molecule has 0 saturated carbocycles. The summed E-state index contributed by atoms with van der Waals surface area (Å²) >= 11 is 0. The van der Waals surface area contributed by atoms with Crippen LogP contribution in [-0.2, 0) is 14.3 Å². The summed E-state index contributed by atoms with van der Waals surface area (Å²) < 4.78 is 4.29. The number of carbonyl (C=O) groups excluding carboxylic acids is 2. The minimum atomic E-state index is -0.423. The molecule has 56 valence electrons. The molecule has 10 heavy (non-hydrogen) atoms. The Hall–Kier alpha value is -1.32. The van der Waals surface area contributed by atoms with Crippen LogP contribution in [0.15, 0.2) is 12.2 Å². The molecule has 1 amide bonds. The first-order valence-electron chi connectivity index (χ1n) is 2.72. The van der Waals surface area contributed by atoms with Gasteiger partial charge in [-0.05, 0) is 0 Å². The van der Waals surface area contributed by atoms with E-state index in [0.29, 0.717) is 13.0 Å². The molecule has 0 aromatic rings. The van der Waals surface area contributed by atoms with Crippen LogP contribution in [0.3, 0.4) is 0 Å². The molecule has 0 spiro atoms. The van der Waals surface area contributed by atoms with Gasteiger partial charge in [0.2, 0.25) is 6.41 Å². The molecular weight excluding hydrogens is 134 g/mol. The molecule has 0 aliphatic heterocycles. The van der Waals surface area contributed by atoms with E-state index in [4.69, 9.17) is 0 Å². The third-order valence-electron chi connectivity index (χ3n) is 0.774. The lowest BCUT2D eigenvalue weighted by atomic mass is 10.5. The van der Waals surface area contributed by atoms with Crippen molar-refractivity contribution in [2.24, 2.45) is 0 Å². The van der Waals surface area contributed by atoms with Crippen LogP contribution in [0.4, 0.5) is 0 Å².